The normalized spacial score (nSPS) is 19.3. The van der Waals surface area contributed by atoms with Crippen LogP contribution in [-0.2, 0) is 16.0 Å². The summed E-state index contributed by atoms with van der Waals surface area (Å²) in [5.41, 5.74) is 7.69. The van der Waals surface area contributed by atoms with E-state index in [1.807, 2.05) is 61.5 Å². The van der Waals surface area contributed by atoms with E-state index < -0.39 is 0 Å². The summed E-state index contributed by atoms with van der Waals surface area (Å²) in [5, 5.41) is 0. The summed E-state index contributed by atoms with van der Waals surface area (Å²) in [6.45, 7) is 3.24. The zero-order valence-corrected chi connectivity index (χ0v) is 14.9. The average molecular weight is 352 g/mol. The van der Waals surface area contributed by atoms with Gasteiger partial charge in [0.05, 0.1) is 18.9 Å². The molecule has 0 saturated carbocycles. The maximum absolute atomic E-state index is 12.6. The maximum atomic E-state index is 12.6. The van der Waals surface area contributed by atoms with Crippen LogP contribution in [0.3, 0.4) is 0 Å². The number of rotatable bonds is 6. The largest absolute Gasteiger partial charge is 0.493 e. The zero-order chi connectivity index (χ0) is 18.5. The summed E-state index contributed by atoms with van der Waals surface area (Å²) in [4.78, 5) is 26.2. The minimum Gasteiger partial charge on any atom is -0.493 e. The molecule has 1 aliphatic rings. The van der Waals surface area contributed by atoms with Gasteiger partial charge in [0.15, 0.2) is 0 Å². The number of nitrogens with zero attached hydrogens (tertiary/aromatic N) is 1. The molecular weight excluding hydrogens is 328 g/mol. The van der Waals surface area contributed by atoms with Crippen LogP contribution in [0.4, 0.5) is 0 Å². The van der Waals surface area contributed by atoms with Crippen LogP contribution < -0.4 is 10.5 Å². The molecule has 0 aliphatic carbocycles. The standard InChI is InChI=1S/C21H24N2O3/c1-15-7-9-16(10-8-15)11-20(24)23-12-17(19(13-23)21(22)25)14-26-18-5-3-2-4-6-18/h2-10,17,19H,11-14H2,1H3,(H2,22,25). The van der Waals surface area contributed by atoms with E-state index in [0.29, 0.717) is 26.1 Å². The SMILES string of the molecule is Cc1ccc(CC(=O)N2CC(COc3ccccc3)C(C(N)=O)C2)cc1. The van der Waals surface area contributed by atoms with Crippen molar-refractivity contribution in [2.24, 2.45) is 17.6 Å². The smallest absolute Gasteiger partial charge is 0.227 e. The fourth-order valence-electron chi connectivity index (χ4n) is 3.28. The molecule has 2 aromatic rings. The lowest BCUT2D eigenvalue weighted by atomic mass is 9.96. The van der Waals surface area contributed by atoms with Gasteiger partial charge in [0.1, 0.15) is 5.75 Å². The van der Waals surface area contributed by atoms with Gasteiger partial charge >= 0.3 is 0 Å². The number of ether oxygens (including phenoxy) is 1. The van der Waals surface area contributed by atoms with Crippen LogP contribution in [0.15, 0.2) is 54.6 Å². The maximum Gasteiger partial charge on any atom is 0.227 e. The molecule has 1 heterocycles. The van der Waals surface area contributed by atoms with Crippen molar-refractivity contribution >= 4 is 11.8 Å². The van der Waals surface area contributed by atoms with Gasteiger partial charge in [-0.15, -0.1) is 0 Å². The quantitative estimate of drug-likeness (QED) is 0.866. The second-order valence-electron chi connectivity index (χ2n) is 6.85. The highest BCUT2D eigenvalue weighted by Crippen LogP contribution is 2.25. The van der Waals surface area contributed by atoms with Gasteiger partial charge in [-0.25, -0.2) is 0 Å². The number of primary amides is 1. The number of hydrogen-bond donors (Lipinski definition) is 1. The number of likely N-dealkylation sites (tertiary alicyclic amines) is 1. The van der Waals surface area contributed by atoms with Crippen molar-refractivity contribution in [3.8, 4) is 5.75 Å². The van der Waals surface area contributed by atoms with E-state index >= 15 is 0 Å². The predicted molar refractivity (Wildman–Crippen MR) is 99.6 cm³/mol. The Hall–Kier alpha value is -2.82. The van der Waals surface area contributed by atoms with E-state index in [2.05, 4.69) is 0 Å². The Morgan fingerprint density at radius 1 is 1.08 bits per heavy atom. The summed E-state index contributed by atoms with van der Waals surface area (Å²) >= 11 is 0. The number of nitrogens with two attached hydrogens (primary N) is 1. The highest BCUT2D eigenvalue weighted by Gasteiger charge is 2.38. The third-order valence-corrected chi connectivity index (χ3v) is 4.84. The Bertz CT molecular complexity index is 759. The lowest BCUT2D eigenvalue weighted by molar-refractivity contribution is -0.129. The van der Waals surface area contributed by atoms with E-state index in [4.69, 9.17) is 10.5 Å². The number of para-hydroxylation sites is 1. The zero-order valence-electron chi connectivity index (χ0n) is 14.9. The van der Waals surface area contributed by atoms with Crippen LogP contribution in [0.25, 0.3) is 0 Å². The van der Waals surface area contributed by atoms with Crippen molar-refractivity contribution < 1.29 is 14.3 Å². The van der Waals surface area contributed by atoms with E-state index in [9.17, 15) is 9.59 Å². The molecule has 5 heteroatoms. The fourth-order valence-corrected chi connectivity index (χ4v) is 3.28. The van der Waals surface area contributed by atoms with E-state index in [1.54, 1.807) is 4.90 Å². The second kappa shape index (κ2) is 8.04. The van der Waals surface area contributed by atoms with Crippen molar-refractivity contribution in [2.45, 2.75) is 13.3 Å². The Morgan fingerprint density at radius 3 is 2.42 bits per heavy atom. The Balaban J connectivity index is 1.61. The van der Waals surface area contributed by atoms with Gasteiger partial charge in [0.2, 0.25) is 11.8 Å². The van der Waals surface area contributed by atoms with Gasteiger partial charge in [0, 0.05) is 19.0 Å². The van der Waals surface area contributed by atoms with Gasteiger partial charge in [-0.1, -0.05) is 48.0 Å². The lowest BCUT2D eigenvalue weighted by Gasteiger charge is -2.17. The highest BCUT2D eigenvalue weighted by atomic mass is 16.5. The summed E-state index contributed by atoms with van der Waals surface area (Å²) < 4.78 is 5.78. The number of benzene rings is 2. The number of aryl methyl sites for hydroxylation is 1. The molecule has 0 aromatic heterocycles. The summed E-state index contributed by atoms with van der Waals surface area (Å²) in [5.74, 6) is -0.0740. The third-order valence-electron chi connectivity index (χ3n) is 4.84. The molecule has 2 unspecified atom stereocenters. The molecule has 2 N–H and O–H groups in total. The van der Waals surface area contributed by atoms with Crippen LogP contribution in [0, 0.1) is 18.8 Å². The summed E-state index contributed by atoms with van der Waals surface area (Å²) in [7, 11) is 0. The van der Waals surface area contributed by atoms with Crippen molar-refractivity contribution in [2.75, 3.05) is 19.7 Å². The third kappa shape index (κ3) is 4.42. The van der Waals surface area contributed by atoms with E-state index in [1.165, 1.54) is 0 Å². The average Bonchev–Trinajstić information content (AvgIpc) is 3.07. The number of carbonyl (C=O) groups is 2. The van der Waals surface area contributed by atoms with Crippen molar-refractivity contribution in [1.82, 2.24) is 4.90 Å². The fraction of sp³-hybridized carbons (Fsp3) is 0.333. The molecule has 136 valence electrons. The molecule has 2 amide bonds. The Kier molecular flexibility index (Phi) is 5.56. The van der Waals surface area contributed by atoms with Crippen LogP contribution in [0.2, 0.25) is 0 Å². The minimum absolute atomic E-state index is 0.0160. The molecule has 0 spiro atoms. The lowest BCUT2D eigenvalue weighted by Crippen LogP contribution is -2.33. The first kappa shape index (κ1) is 18.0. The molecule has 2 atom stereocenters. The first-order chi connectivity index (χ1) is 12.5. The Labute approximate surface area is 153 Å². The van der Waals surface area contributed by atoms with Gasteiger partial charge in [-0.2, -0.15) is 0 Å². The summed E-state index contributed by atoms with van der Waals surface area (Å²) in [6, 6.07) is 17.4. The van der Waals surface area contributed by atoms with Crippen molar-refractivity contribution in [3.63, 3.8) is 0 Å². The minimum atomic E-state index is -0.378. The summed E-state index contributed by atoms with van der Waals surface area (Å²) in [6.07, 6.45) is 0.331. The van der Waals surface area contributed by atoms with Crippen LogP contribution in [0.5, 0.6) is 5.75 Å². The molecule has 26 heavy (non-hydrogen) atoms. The van der Waals surface area contributed by atoms with E-state index in [0.717, 1.165) is 16.9 Å². The van der Waals surface area contributed by atoms with E-state index in [-0.39, 0.29) is 23.7 Å². The molecule has 5 nitrogen and oxygen atoms in total. The molecule has 1 saturated heterocycles. The van der Waals surface area contributed by atoms with Gasteiger partial charge in [-0.3, -0.25) is 9.59 Å². The van der Waals surface area contributed by atoms with Crippen LogP contribution in [-0.4, -0.2) is 36.4 Å². The Morgan fingerprint density at radius 2 is 1.77 bits per heavy atom. The topological polar surface area (TPSA) is 72.6 Å². The van der Waals surface area contributed by atoms with Crippen LogP contribution >= 0.6 is 0 Å². The van der Waals surface area contributed by atoms with Gasteiger partial charge < -0.3 is 15.4 Å². The highest BCUT2D eigenvalue weighted by molar-refractivity contribution is 5.82. The molecule has 1 fully saturated rings. The number of carbonyl (C=O) groups excluding carboxylic acids is 2. The molecular formula is C21H24N2O3. The number of hydrogen-bond acceptors (Lipinski definition) is 3. The molecule has 1 aliphatic heterocycles. The van der Waals surface area contributed by atoms with Gasteiger partial charge in [-0.05, 0) is 24.6 Å². The van der Waals surface area contributed by atoms with Gasteiger partial charge in [0.25, 0.3) is 0 Å². The molecule has 2 aromatic carbocycles. The van der Waals surface area contributed by atoms with Crippen molar-refractivity contribution in [3.05, 3.63) is 65.7 Å². The predicted octanol–water partition coefficient (Wildman–Crippen LogP) is 2.18. The first-order valence-corrected chi connectivity index (χ1v) is 8.83. The monoisotopic (exact) mass is 352 g/mol. The number of amides is 2. The first-order valence-electron chi connectivity index (χ1n) is 8.83. The second-order valence-corrected chi connectivity index (χ2v) is 6.85. The van der Waals surface area contributed by atoms with Crippen molar-refractivity contribution in [1.29, 1.82) is 0 Å². The molecule has 0 bridgehead atoms. The molecule has 3 rings (SSSR count). The van der Waals surface area contributed by atoms with Crippen LogP contribution in [0.1, 0.15) is 11.1 Å². The molecule has 0 radical (unpaired) electrons.